The van der Waals surface area contributed by atoms with Crippen molar-refractivity contribution in [3.05, 3.63) is 0 Å². The Hall–Kier alpha value is 0.690. The molecule has 2 saturated carbocycles. The molecule has 3 aliphatic heterocycles. The summed E-state index contributed by atoms with van der Waals surface area (Å²) in [6.07, 6.45) is 13.7. The molecule has 5 rings (SSSR count). The topological polar surface area (TPSA) is 3.24 Å². The number of nitrogens with zero attached hydrogens (tertiary/aromatic N) is 1. The monoisotopic (exact) mass is 443 g/mol. The van der Waals surface area contributed by atoms with Crippen molar-refractivity contribution in [3.63, 3.8) is 0 Å². The summed E-state index contributed by atoms with van der Waals surface area (Å²) in [6, 6.07) is 0.923. The summed E-state index contributed by atoms with van der Waals surface area (Å²) in [6.45, 7) is 10.3. The highest BCUT2D eigenvalue weighted by Crippen LogP contribution is 2.51. The molecular weight excluding hydrogens is 405 g/mol. The first-order valence-electron chi connectivity index (χ1n) is 10.9. The van der Waals surface area contributed by atoms with E-state index in [0.29, 0.717) is 3.42 Å². The maximum atomic E-state index is 2.92. The Morgan fingerprint density at radius 3 is 2.50 bits per heavy atom. The van der Waals surface area contributed by atoms with Crippen molar-refractivity contribution >= 4 is 22.6 Å². The van der Waals surface area contributed by atoms with Gasteiger partial charge in [-0.05, 0) is 74.2 Å². The highest BCUT2D eigenvalue weighted by molar-refractivity contribution is 14.1. The van der Waals surface area contributed by atoms with Crippen LogP contribution in [0.25, 0.3) is 0 Å². The Bertz CT molecular complexity index is 442. The maximum absolute atomic E-state index is 2.92. The Balaban J connectivity index is 1.44. The first-order valence-corrected chi connectivity index (χ1v) is 11.9. The first-order chi connectivity index (χ1) is 11.4. The summed E-state index contributed by atoms with van der Waals surface area (Å²) in [5.74, 6) is 6.14. The van der Waals surface area contributed by atoms with Gasteiger partial charge in [0.2, 0.25) is 0 Å². The van der Waals surface area contributed by atoms with Crippen molar-refractivity contribution in [1.29, 1.82) is 0 Å². The normalized spacial score (nSPS) is 49.0. The Morgan fingerprint density at radius 2 is 1.79 bits per heavy atom. The smallest absolute Gasteiger partial charge is 0.0209 e. The van der Waals surface area contributed by atoms with E-state index in [1.54, 1.807) is 19.3 Å². The van der Waals surface area contributed by atoms with E-state index in [4.69, 9.17) is 0 Å². The number of alkyl halides is 1. The van der Waals surface area contributed by atoms with Crippen LogP contribution >= 0.6 is 22.6 Å². The molecule has 0 amide bonds. The highest BCUT2D eigenvalue weighted by atomic mass is 127. The SMILES string of the molecule is CC1CCC2CCCCC2C1CC1CC2CCN1CC2C(C)(C)I. The third-order valence-corrected chi connectivity index (χ3v) is 9.35. The Labute approximate surface area is 163 Å². The van der Waals surface area contributed by atoms with Gasteiger partial charge in [0.15, 0.2) is 0 Å². The molecule has 0 N–H and O–H groups in total. The van der Waals surface area contributed by atoms with Gasteiger partial charge < -0.3 is 4.90 Å². The molecule has 0 spiro atoms. The number of fused-ring (bicyclic) bond motifs is 4. The van der Waals surface area contributed by atoms with Gasteiger partial charge in [0, 0.05) is 16.0 Å². The second-order valence-electron chi connectivity index (χ2n) is 10.3. The van der Waals surface area contributed by atoms with Crippen molar-refractivity contribution in [2.45, 2.75) is 88.0 Å². The van der Waals surface area contributed by atoms with E-state index < -0.39 is 0 Å². The van der Waals surface area contributed by atoms with E-state index in [1.165, 1.54) is 51.6 Å². The van der Waals surface area contributed by atoms with Gasteiger partial charge in [-0.3, -0.25) is 0 Å². The van der Waals surface area contributed by atoms with E-state index in [2.05, 4.69) is 48.3 Å². The lowest BCUT2D eigenvalue weighted by Crippen LogP contribution is -2.58. The molecule has 3 saturated heterocycles. The molecule has 5 aliphatic rings. The molecule has 2 aliphatic carbocycles. The van der Waals surface area contributed by atoms with Crippen LogP contribution in [0.2, 0.25) is 0 Å². The third-order valence-electron chi connectivity index (χ3n) is 8.55. The van der Waals surface area contributed by atoms with E-state index in [1.807, 2.05) is 0 Å². The molecule has 3 heterocycles. The number of piperidine rings is 3. The van der Waals surface area contributed by atoms with Crippen LogP contribution in [0, 0.1) is 35.5 Å². The summed E-state index contributed by atoms with van der Waals surface area (Å²) in [5, 5.41) is 0. The summed E-state index contributed by atoms with van der Waals surface area (Å²) >= 11 is 2.72. The van der Waals surface area contributed by atoms with Crippen molar-refractivity contribution in [2.75, 3.05) is 13.1 Å². The number of halogens is 1. The second kappa shape index (κ2) is 7.02. The molecule has 5 fully saturated rings. The van der Waals surface area contributed by atoms with Gasteiger partial charge in [0.05, 0.1) is 0 Å². The largest absolute Gasteiger partial charge is 0.300 e. The summed E-state index contributed by atoms with van der Waals surface area (Å²) in [7, 11) is 0. The maximum Gasteiger partial charge on any atom is 0.0209 e. The molecule has 0 aromatic rings. The minimum atomic E-state index is 0.471. The molecule has 24 heavy (non-hydrogen) atoms. The molecule has 0 aromatic heterocycles. The fraction of sp³-hybridized carbons (Fsp3) is 1.00. The fourth-order valence-electron chi connectivity index (χ4n) is 7.15. The summed E-state index contributed by atoms with van der Waals surface area (Å²) in [4.78, 5) is 2.92. The standard InChI is InChI=1S/C22H38IN/c1-15-8-9-16-6-4-5-7-19(16)20(15)13-18-12-17-10-11-24(18)14-21(17)22(2,3)23/h15-21H,4-14H2,1-3H3. The van der Waals surface area contributed by atoms with Gasteiger partial charge in [-0.25, -0.2) is 0 Å². The number of hydrogen-bond acceptors (Lipinski definition) is 1. The fourth-order valence-corrected chi connectivity index (χ4v) is 7.86. The Morgan fingerprint density at radius 1 is 1.00 bits per heavy atom. The van der Waals surface area contributed by atoms with Crippen LogP contribution < -0.4 is 0 Å². The molecule has 138 valence electrons. The average Bonchev–Trinajstić information content (AvgIpc) is 2.57. The van der Waals surface area contributed by atoms with E-state index in [0.717, 1.165) is 41.5 Å². The van der Waals surface area contributed by atoms with Gasteiger partial charge in [0.25, 0.3) is 0 Å². The predicted octanol–water partition coefficient (Wildman–Crippen LogP) is 6.15. The lowest BCUT2D eigenvalue weighted by Gasteiger charge is -2.55. The van der Waals surface area contributed by atoms with Crippen LogP contribution in [0.5, 0.6) is 0 Å². The predicted molar refractivity (Wildman–Crippen MR) is 112 cm³/mol. The van der Waals surface area contributed by atoms with Crippen molar-refractivity contribution < 1.29 is 0 Å². The number of rotatable bonds is 3. The van der Waals surface area contributed by atoms with Gasteiger partial charge in [-0.2, -0.15) is 0 Å². The van der Waals surface area contributed by atoms with E-state index in [-0.39, 0.29) is 0 Å². The number of hydrogen-bond donors (Lipinski definition) is 0. The van der Waals surface area contributed by atoms with Gasteiger partial charge >= 0.3 is 0 Å². The zero-order valence-corrected chi connectivity index (χ0v) is 18.3. The molecule has 8 unspecified atom stereocenters. The van der Waals surface area contributed by atoms with Gasteiger partial charge in [0.1, 0.15) is 0 Å². The summed E-state index contributed by atoms with van der Waals surface area (Å²) in [5.41, 5.74) is 0. The molecule has 0 radical (unpaired) electrons. The molecule has 1 nitrogen and oxygen atoms in total. The molecule has 8 atom stereocenters. The molecule has 0 aromatic carbocycles. The van der Waals surface area contributed by atoms with Crippen LogP contribution in [0.15, 0.2) is 0 Å². The lowest BCUT2D eigenvalue weighted by molar-refractivity contribution is -0.0373. The van der Waals surface area contributed by atoms with E-state index in [9.17, 15) is 0 Å². The van der Waals surface area contributed by atoms with E-state index >= 15 is 0 Å². The quantitative estimate of drug-likeness (QED) is 0.373. The minimum Gasteiger partial charge on any atom is -0.300 e. The zero-order chi connectivity index (χ0) is 16.9. The highest BCUT2D eigenvalue weighted by Gasteiger charge is 2.47. The molecule has 2 heteroatoms. The van der Waals surface area contributed by atoms with Crippen molar-refractivity contribution in [2.24, 2.45) is 35.5 Å². The first kappa shape index (κ1) is 18.1. The van der Waals surface area contributed by atoms with Crippen LogP contribution in [-0.4, -0.2) is 27.5 Å². The molecular formula is C22H38IN. The van der Waals surface area contributed by atoms with Gasteiger partial charge in [-0.15, -0.1) is 0 Å². The average molecular weight is 443 g/mol. The minimum absolute atomic E-state index is 0.471. The second-order valence-corrected chi connectivity index (χ2v) is 13.0. The third kappa shape index (κ3) is 3.44. The van der Waals surface area contributed by atoms with Crippen LogP contribution in [0.4, 0.5) is 0 Å². The lowest BCUT2D eigenvalue weighted by atomic mass is 9.59. The van der Waals surface area contributed by atoms with Crippen LogP contribution in [0.3, 0.4) is 0 Å². The molecule has 2 bridgehead atoms. The van der Waals surface area contributed by atoms with Gasteiger partial charge in [-0.1, -0.05) is 69.0 Å². The van der Waals surface area contributed by atoms with Crippen molar-refractivity contribution in [1.82, 2.24) is 4.90 Å². The van der Waals surface area contributed by atoms with Crippen LogP contribution in [-0.2, 0) is 0 Å². The summed E-state index contributed by atoms with van der Waals surface area (Å²) < 4.78 is 0.471. The Kier molecular flexibility index (Phi) is 5.28. The van der Waals surface area contributed by atoms with Crippen molar-refractivity contribution in [3.8, 4) is 0 Å². The van der Waals surface area contributed by atoms with Crippen LogP contribution in [0.1, 0.15) is 78.6 Å². The zero-order valence-electron chi connectivity index (χ0n) is 16.1.